The van der Waals surface area contributed by atoms with Gasteiger partial charge in [0.15, 0.2) is 5.78 Å². The van der Waals surface area contributed by atoms with Gasteiger partial charge in [0, 0.05) is 29.7 Å². The van der Waals surface area contributed by atoms with Crippen molar-refractivity contribution in [1.29, 1.82) is 5.26 Å². The quantitative estimate of drug-likeness (QED) is 0.572. The van der Waals surface area contributed by atoms with Crippen molar-refractivity contribution in [3.05, 3.63) is 57.3 Å². The molecule has 2 aromatic rings. The van der Waals surface area contributed by atoms with Crippen molar-refractivity contribution >= 4 is 40.5 Å². The van der Waals surface area contributed by atoms with Crippen LogP contribution in [0, 0.1) is 11.3 Å². The Morgan fingerprint density at radius 3 is 2.64 bits per heavy atom. The molecule has 3 nitrogen and oxygen atoms in total. The number of anilines is 1. The van der Waals surface area contributed by atoms with Gasteiger partial charge in [0.1, 0.15) is 0 Å². The molecule has 1 aromatic carbocycles. The van der Waals surface area contributed by atoms with Crippen LogP contribution in [0.15, 0.2) is 42.5 Å². The molecule has 1 heterocycles. The predicted molar refractivity (Wildman–Crippen MR) is 92.6 cm³/mol. The first-order valence-electron chi connectivity index (χ1n) is 6.76. The summed E-state index contributed by atoms with van der Waals surface area (Å²) in [5.41, 5.74) is 1.62. The zero-order chi connectivity index (χ0) is 15.9. The molecule has 0 bridgehead atoms. The number of allylic oxidation sites excluding steroid dienone is 1. The second-order valence-electron chi connectivity index (χ2n) is 4.72. The highest BCUT2D eigenvalue weighted by atomic mass is 35.5. The number of ketones is 1. The van der Waals surface area contributed by atoms with Crippen LogP contribution in [-0.2, 0) is 0 Å². The minimum Gasteiger partial charge on any atom is -0.374 e. The number of carbonyl (C=O) groups excluding carboxylic acids is 1. The maximum Gasteiger partial charge on any atom is 0.185 e. The second kappa shape index (κ2) is 7.79. The summed E-state index contributed by atoms with van der Waals surface area (Å²) in [6.45, 7) is 0.669. The van der Waals surface area contributed by atoms with E-state index in [9.17, 15) is 4.79 Å². The van der Waals surface area contributed by atoms with E-state index >= 15 is 0 Å². The third-order valence-corrected chi connectivity index (χ3v) is 4.34. The van der Waals surface area contributed by atoms with E-state index in [1.165, 1.54) is 11.3 Å². The summed E-state index contributed by atoms with van der Waals surface area (Å²) in [6.07, 6.45) is 3.80. The number of nitrogens with zero attached hydrogens (tertiary/aromatic N) is 2. The molecule has 0 atom stereocenters. The summed E-state index contributed by atoms with van der Waals surface area (Å²) in [6, 6.07) is 13.2. The van der Waals surface area contributed by atoms with Gasteiger partial charge in [-0.3, -0.25) is 4.79 Å². The molecule has 0 amide bonds. The van der Waals surface area contributed by atoms with E-state index in [4.69, 9.17) is 16.9 Å². The molecule has 22 heavy (non-hydrogen) atoms. The topological polar surface area (TPSA) is 44.1 Å². The standard InChI is InChI=1S/C17H15ClN2OS/c1-20(12-2-11-19)14-5-3-13(4-6-14)16(21)9-7-15-8-10-17(18)22-15/h3-10H,2,12H2,1H3/b9-7+. The maximum atomic E-state index is 12.1. The van der Waals surface area contributed by atoms with Gasteiger partial charge in [0.05, 0.1) is 16.8 Å². The molecule has 0 aliphatic heterocycles. The molecule has 0 unspecified atom stereocenters. The van der Waals surface area contributed by atoms with Crippen molar-refractivity contribution in [2.24, 2.45) is 0 Å². The summed E-state index contributed by atoms with van der Waals surface area (Å²) in [4.78, 5) is 15.0. The third kappa shape index (κ3) is 4.45. The first kappa shape index (κ1) is 16.3. The number of hydrogen-bond acceptors (Lipinski definition) is 4. The molecule has 0 fully saturated rings. The highest BCUT2D eigenvalue weighted by Gasteiger charge is 2.04. The Hall–Kier alpha value is -2.09. The van der Waals surface area contributed by atoms with Gasteiger partial charge < -0.3 is 4.90 Å². The number of thiophene rings is 1. The van der Waals surface area contributed by atoms with Crippen molar-refractivity contribution < 1.29 is 4.79 Å². The van der Waals surface area contributed by atoms with E-state index in [1.54, 1.807) is 24.3 Å². The van der Waals surface area contributed by atoms with Gasteiger partial charge in [-0.05, 0) is 48.6 Å². The molecule has 112 valence electrons. The fourth-order valence-electron chi connectivity index (χ4n) is 1.90. The first-order valence-corrected chi connectivity index (χ1v) is 7.95. The Kier molecular flexibility index (Phi) is 5.76. The normalized spacial score (nSPS) is 10.6. The molecule has 0 aliphatic carbocycles. The van der Waals surface area contributed by atoms with Crippen LogP contribution in [0.3, 0.4) is 0 Å². The largest absolute Gasteiger partial charge is 0.374 e. The number of halogens is 1. The van der Waals surface area contributed by atoms with Crippen LogP contribution in [-0.4, -0.2) is 19.4 Å². The molecule has 0 saturated carbocycles. The number of carbonyl (C=O) groups is 1. The smallest absolute Gasteiger partial charge is 0.185 e. The average molecular weight is 331 g/mol. The predicted octanol–water partition coefficient (Wildman–Crippen LogP) is 4.65. The Morgan fingerprint density at radius 2 is 2.05 bits per heavy atom. The summed E-state index contributed by atoms with van der Waals surface area (Å²) in [5.74, 6) is -0.0456. The molecule has 0 saturated heterocycles. The average Bonchev–Trinajstić information content (AvgIpc) is 2.96. The highest BCUT2D eigenvalue weighted by molar-refractivity contribution is 7.17. The van der Waals surface area contributed by atoms with Crippen molar-refractivity contribution in [3.63, 3.8) is 0 Å². The zero-order valence-electron chi connectivity index (χ0n) is 12.1. The van der Waals surface area contributed by atoms with Gasteiger partial charge in [0.25, 0.3) is 0 Å². The third-order valence-electron chi connectivity index (χ3n) is 3.14. The number of nitriles is 1. The van der Waals surface area contributed by atoms with E-state index in [1.807, 2.05) is 36.2 Å². The number of hydrogen-bond donors (Lipinski definition) is 0. The lowest BCUT2D eigenvalue weighted by molar-refractivity contribution is 0.104. The first-order chi connectivity index (χ1) is 10.6. The monoisotopic (exact) mass is 330 g/mol. The van der Waals surface area contributed by atoms with Crippen LogP contribution >= 0.6 is 22.9 Å². The molecular formula is C17H15ClN2OS. The van der Waals surface area contributed by atoms with Gasteiger partial charge in [-0.1, -0.05) is 11.6 Å². The molecule has 5 heteroatoms. The van der Waals surface area contributed by atoms with Crippen LogP contribution in [0.2, 0.25) is 4.34 Å². The van der Waals surface area contributed by atoms with Crippen molar-refractivity contribution in [2.75, 3.05) is 18.5 Å². The van der Waals surface area contributed by atoms with Crippen molar-refractivity contribution in [3.8, 4) is 6.07 Å². The molecule has 0 aliphatic rings. The lowest BCUT2D eigenvalue weighted by Crippen LogP contribution is -2.17. The van der Waals surface area contributed by atoms with Crippen molar-refractivity contribution in [1.82, 2.24) is 0 Å². The molecular weight excluding hydrogens is 316 g/mol. The van der Waals surface area contributed by atoms with Crippen LogP contribution in [0.1, 0.15) is 21.7 Å². The van der Waals surface area contributed by atoms with Crippen LogP contribution < -0.4 is 4.90 Å². The van der Waals surface area contributed by atoms with E-state index in [0.29, 0.717) is 22.9 Å². The fraction of sp³-hybridized carbons (Fsp3) is 0.176. The van der Waals surface area contributed by atoms with Crippen LogP contribution in [0.4, 0.5) is 5.69 Å². The SMILES string of the molecule is CN(CCC#N)c1ccc(C(=O)/C=C/c2ccc(Cl)s2)cc1. The molecule has 2 rings (SSSR count). The summed E-state index contributed by atoms with van der Waals surface area (Å²) in [5, 5.41) is 8.60. The Labute approximate surface area is 139 Å². The van der Waals surface area contributed by atoms with E-state index < -0.39 is 0 Å². The van der Waals surface area contributed by atoms with E-state index in [-0.39, 0.29) is 5.78 Å². The zero-order valence-corrected chi connectivity index (χ0v) is 13.7. The number of benzene rings is 1. The van der Waals surface area contributed by atoms with E-state index in [0.717, 1.165) is 10.6 Å². The minimum absolute atomic E-state index is 0.0456. The van der Waals surface area contributed by atoms with Gasteiger partial charge in [-0.2, -0.15) is 5.26 Å². The molecule has 0 spiro atoms. The molecule has 0 radical (unpaired) electrons. The minimum atomic E-state index is -0.0456. The molecule has 1 aromatic heterocycles. The summed E-state index contributed by atoms with van der Waals surface area (Å²) in [7, 11) is 1.93. The van der Waals surface area contributed by atoms with Crippen LogP contribution in [0.5, 0.6) is 0 Å². The summed E-state index contributed by atoms with van der Waals surface area (Å²) < 4.78 is 0.705. The van der Waals surface area contributed by atoms with Gasteiger partial charge in [-0.15, -0.1) is 11.3 Å². The maximum absolute atomic E-state index is 12.1. The van der Waals surface area contributed by atoms with Crippen molar-refractivity contribution in [2.45, 2.75) is 6.42 Å². The Balaban J connectivity index is 2.02. The lowest BCUT2D eigenvalue weighted by Gasteiger charge is -2.17. The Bertz CT molecular complexity index is 713. The van der Waals surface area contributed by atoms with E-state index in [2.05, 4.69) is 6.07 Å². The van der Waals surface area contributed by atoms with Gasteiger partial charge in [0.2, 0.25) is 0 Å². The highest BCUT2D eigenvalue weighted by Crippen LogP contribution is 2.22. The fourth-order valence-corrected chi connectivity index (χ4v) is 2.86. The second-order valence-corrected chi connectivity index (χ2v) is 6.46. The lowest BCUT2D eigenvalue weighted by atomic mass is 10.1. The van der Waals surface area contributed by atoms with Gasteiger partial charge >= 0.3 is 0 Å². The Morgan fingerprint density at radius 1 is 1.32 bits per heavy atom. The number of rotatable bonds is 6. The van der Waals surface area contributed by atoms with Crippen LogP contribution in [0.25, 0.3) is 6.08 Å². The van der Waals surface area contributed by atoms with Gasteiger partial charge in [-0.25, -0.2) is 0 Å². The molecule has 0 N–H and O–H groups in total. The summed E-state index contributed by atoms with van der Waals surface area (Å²) >= 11 is 7.28.